The number of anilines is 1. The number of thiazole rings is 1. The number of hydrogen-bond donors (Lipinski definition) is 0. The molecule has 4 rings (SSSR count). The zero-order valence-electron chi connectivity index (χ0n) is 23.9. The number of fused-ring (bicyclic) bond motifs is 1. The standard InChI is InChI=1S/C27H36N4O8S3/c1-37-16-14-30(15-17-38-2)42(35,36)22-6-4-21(5-7-22)26(32)31(11-10-29-12-18-39-19-13-29)27-28-24-9-8-23(41(3,33)34)20-25(24)40-27/h4-9,20H,10-19H2,1-3H3. The van der Waals surface area contributed by atoms with Crippen LogP contribution in [0, 0.1) is 0 Å². The Bertz CT molecular complexity index is 1560. The first-order valence-corrected chi connectivity index (χ1v) is 17.5. The van der Waals surface area contributed by atoms with Crippen molar-refractivity contribution in [2.45, 2.75) is 9.79 Å². The van der Waals surface area contributed by atoms with Crippen molar-refractivity contribution in [2.75, 3.05) is 91.1 Å². The summed E-state index contributed by atoms with van der Waals surface area (Å²) in [6.45, 7) is 4.42. The van der Waals surface area contributed by atoms with Gasteiger partial charge in [0, 0.05) is 65.3 Å². The van der Waals surface area contributed by atoms with Crippen molar-refractivity contribution < 1.29 is 35.8 Å². The highest BCUT2D eigenvalue weighted by Crippen LogP contribution is 2.32. The van der Waals surface area contributed by atoms with Gasteiger partial charge in [-0.3, -0.25) is 14.6 Å². The van der Waals surface area contributed by atoms with E-state index in [0.29, 0.717) is 47.2 Å². The lowest BCUT2D eigenvalue weighted by Crippen LogP contribution is -2.43. The van der Waals surface area contributed by atoms with Crippen molar-refractivity contribution in [3.63, 3.8) is 0 Å². The number of hydrogen-bond acceptors (Lipinski definition) is 11. The van der Waals surface area contributed by atoms with Crippen molar-refractivity contribution in [3.05, 3.63) is 48.0 Å². The normalized spacial score (nSPS) is 15.0. The Kier molecular flexibility index (Phi) is 11.0. The third-order valence-corrected chi connectivity index (χ3v) is 10.9. The Morgan fingerprint density at radius 2 is 1.57 bits per heavy atom. The Labute approximate surface area is 250 Å². The van der Waals surface area contributed by atoms with Gasteiger partial charge in [-0.1, -0.05) is 11.3 Å². The summed E-state index contributed by atoms with van der Waals surface area (Å²) in [6.07, 6.45) is 1.15. The van der Waals surface area contributed by atoms with Gasteiger partial charge in [-0.05, 0) is 42.5 Å². The molecular formula is C27H36N4O8S3. The lowest BCUT2D eigenvalue weighted by molar-refractivity contribution is 0.0391. The summed E-state index contributed by atoms with van der Waals surface area (Å²) in [6, 6.07) is 10.5. The molecule has 1 saturated heterocycles. The van der Waals surface area contributed by atoms with Crippen LogP contribution < -0.4 is 4.90 Å². The molecule has 0 atom stereocenters. The van der Waals surface area contributed by atoms with E-state index < -0.39 is 19.9 Å². The molecule has 230 valence electrons. The fraction of sp³-hybridized carbons (Fsp3) is 0.481. The summed E-state index contributed by atoms with van der Waals surface area (Å²) in [5, 5.41) is 0.427. The van der Waals surface area contributed by atoms with Crippen LogP contribution in [0.3, 0.4) is 0 Å². The van der Waals surface area contributed by atoms with Crippen LogP contribution in [0.25, 0.3) is 10.2 Å². The van der Waals surface area contributed by atoms with Crippen LogP contribution in [0.15, 0.2) is 52.3 Å². The molecule has 0 saturated carbocycles. The smallest absolute Gasteiger partial charge is 0.260 e. The number of carbonyl (C=O) groups is 1. The van der Waals surface area contributed by atoms with Gasteiger partial charge in [0.2, 0.25) is 10.0 Å². The quantitative estimate of drug-likeness (QED) is 0.257. The zero-order chi connectivity index (χ0) is 30.3. The van der Waals surface area contributed by atoms with Crippen molar-refractivity contribution in [1.82, 2.24) is 14.2 Å². The number of nitrogens with zero attached hydrogens (tertiary/aromatic N) is 4. The maximum absolute atomic E-state index is 13.9. The molecule has 3 aromatic rings. The molecule has 2 aromatic carbocycles. The van der Waals surface area contributed by atoms with E-state index in [2.05, 4.69) is 9.88 Å². The third-order valence-electron chi connectivity index (χ3n) is 6.83. The van der Waals surface area contributed by atoms with Crippen LogP contribution in [0.1, 0.15) is 10.4 Å². The summed E-state index contributed by atoms with van der Waals surface area (Å²) >= 11 is 1.23. The molecule has 1 fully saturated rings. The average Bonchev–Trinajstić information content (AvgIpc) is 3.40. The molecule has 1 aliphatic heterocycles. The first-order chi connectivity index (χ1) is 20.0. The number of aromatic nitrogens is 1. The topological polar surface area (TPSA) is 136 Å². The Morgan fingerprint density at radius 1 is 0.952 bits per heavy atom. The second-order valence-corrected chi connectivity index (χ2v) is 14.7. The predicted molar refractivity (Wildman–Crippen MR) is 161 cm³/mol. The lowest BCUT2D eigenvalue weighted by Gasteiger charge is -2.29. The Balaban J connectivity index is 1.62. The molecule has 12 nitrogen and oxygen atoms in total. The minimum Gasteiger partial charge on any atom is -0.383 e. The fourth-order valence-electron chi connectivity index (χ4n) is 4.40. The van der Waals surface area contributed by atoms with Gasteiger partial charge in [0.05, 0.1) is 46.4 Å². The highest BCUT2D eigenvalue weighted by Gasteiger charge is 2.27. The van der Waals surface area contributed by atoms with Crippen molar-refractivity contribution in [3.8, 4) is 0 Å². The first-order valence-electron chi connectivity index (χ1n) is 13.4. The fourth-order valence-corrected chi connectivity index (χ4v) is 7.56. The van der Waals surface area contributed by atoms with Crippen LogP contribution in [0.4, 0.5) is 5.13 Å². The number of benzene rings is 2. The van der Waals surface area contributed by atoms with E-state index in [1.807, 2.05) is 0 Å². The summed E-state index contributed by atoms with van der Waals surface area (Å²) < 4.78 is 68.3. The van der Waals surface area contributed by atoms with Crippen LogP contribution in [0.2, 0.25) is 0 Å². The Morgan fingerprint density at radius 3 is 2.17 bits per heavy atom. The monoisotopic (exact) mass is 640 g/mol. The molecule has 15 heteroatoms. The van der Waals surface area contributed by atoms with E-state index in [-0.39, 0.29) is 42.0 Å². The van der Waals surface area contributed by atoms with Crippen LogP contribution in [0.5, 0.6) is 0 Å². The van der Waals surface area contributed by atoms with Crippen LogP contribution >= 0.6 is 11.3 Å². The number of sulfonamides is 1. The molecule has 1 aliphatic rings. The second-order valence-electron chi connectivity index (χ2n) is 9.72. The SMILES string of the molecule is COCCN(CCOC)S(=O)(=O)c1ccc(C(=O)N(CCN2CCOCC2)c2nc3ccc(S(C)(=O)=O)cc3s2)cc1. The van der Waals surface area contributed by atoms with Gasteiger partial charge in [0.15, 0.2) is 15.0 Å². The van der Waals surface area contributed by atoms with E-state index in [1.165, 1.54) is 60.2 Å². The predicted octanol–water partition coefficient (Wildman–Crippen LogP) is 1.96. The van der Waals surface area contributed by atoms with Gasteiger partial charge in [0.1, 0.15) is 0 Å². The van der Waals surface area contributed by atoms with Crippen molar-refractivity contribution >= 4 is 52.5 Å². The number of ether oxygens (including phenoxy) is 3. The molecule has 42 heavy (non-hydrogen) atoms. The van der Waals surface area contributed by atoms with Crippen molar-refractivity contribution in [1.29, 1.82) is 0 Å². The molecule has 0 N–H and O–H groups in total. The largest absolute Gasteiger partial charge is 0.383 e. The lowest BCUT2D eigenvalue weighted by atomic mass is 10.2. The summed E-state index contributed by atoms with van der Waals surface area (Å²) in [4.78, 5) is 22.5. The maximum Gasteiger partial charge on any atom is 0.260 e. The Hall–Kier alpha value is -2.50. The van der Waals surface area contributed by atoms with E-state index >= 15 is 0 Å². The first kappa shape index (κ1) is 32.4. The van der Waals surface area contributed by atoms with Gasteiger partial charge >= 0.3 is 0 Å². The van der Waals surface area contributed by atoms with Crippen LogP contribution in [-0.4, -0.2) is 123 Å². The van der Waals surface area contributed by atoms with Crippen molar-refractivity contribution in [2.24, 2.45) is 0 Å². The summed E-state index contributed by atoms with van der Waals surface area (Å²) in [5.74, 6) is -0.342. The minimum atomic E-state index is -3.85. The number of amides is 1. The molecular weight excluding hydrogens is 605 g/mol. The minimum absolute atomic E-state index is 0.0550. The molecule has 0 aliphatic carbocycles. The zero-order valence-corrected chi connectivity index (χ0v) is 26.3. The molecule has 1 aromatic heterocycles. The van der Waals surface area contributed by atoms with Gasteiger partial charge in [-0.2, -0.15) is 4.31 Å². The number of rotatable bonds is 14. The molecule has 0 radical (unpaired) electrons. The molecule has 0 unspecified atom stereocenters. The van der Waals surface area contributed by atoms with Crippen LogP contribution in [-0.2, 0) is 34.1 Å². The highest BCUT2D eigenvalue weighted by molar-refractivity contribution is 7.90. The highest BCUT2D eigenvalue weighted by atomic mass is 32.2. The van der Waals surface area contributed by atoms with E-state index in [0.717, 1.165) is 19.3 Å². The van der Waals surface area contributed by atoms with Gasteiger partial charge in [-0.25, -0.2) is 21.8 Å². The van der Waals surface area contributed by atoms with E-state index in [4.69, 9.17) is 14.2 Å². The van der Waals surface area contributed by atoms with Gasteiger partial charge in [-0.15, -0.1) is 0 Å². The van der Waals surface area contributed by atoms with E-state index in [9.17, 15) is 21.6 Å². The summed E-state index contributed by atoms with van der Waals surface area (Å²) in [7, 11) is -4.25. The summed E-state index contributed by atoms with van der Waals surface area (Å²) in [5.41, 5.74) is 0.882. The van der Waals surface area contributed by atoms with E-state index in [1.54, 1.807) is 17.0 Å². The second kappa shape index (κ2) is 14.3. The number of methoxy groups -OCH3 is 2. The molecule has 2 heterocycles. The molecule has 0 bridgehead atoms. The molecule has 1 amide bonds. The van der Waals surface area contributed by atoms with Gasteiger partial charge in [0.25, 0.3) is 5.91 Å². The average molecular weight is 641 g/mol. The maximum atomic E-state index is 13.9. The van der Waals surface area contributed by atoms with Gasteiger partial charge < -0.3 is 14.2 Å². The number of sulfone groups is 1. The number of carbonyl (C=O) groups excluding carboxylic acids is 1. The molecule has 0 spiro atoms. The number of morpholine rings is 1. The third kappa shape index (κ3) is 7.90.